The zero-order valence-corrected chi connectivity index (χ0v) is 22.2. The summed E-state index contributed by atoms with van der Waals surface area (Å²) < 4.78 is 13.1. The van der Waals surface area contributed by atoms with Gasteiger partial charge >= 0.3 is 0 Å². The van der Waals surface area contributed by atoms with E-state index < -0.39 is 6.29 Å². The number of aryl methyl sites for hydroxylation is 1. The van der Waals surface area contributed by atoms with Gasteiger partial charge in [-0.05, 0) is 61.9 Å². The van der Waals surface area contributed by atoms with E-state index in [4.69, 9.17) is 14.5 Å². The molecular weight excluding hydrogens is 494 g/mol. The first-order valence-corrected chi connectivity index (χ1v) is 12.8. The highest BCUT2D eigenvalue weighted by atomic mass is 16.7. The van der Waals surface area contributed by atoms with Crippen molar-refractivity contribution in [1.29, 1.82) is 0 Å². The van der Waals surface area contributed by atoms with Crippen LogP contribution in [0.5, 0.6) is 0 Å². The number of benzene rings is 2. The highest BCUT2D eigenvalue weighted by molar-refractivity contribution is 5.68. The monoisotopic (exact) mass is 525 g/mol. The lowest BCUT2D eigenvalue weighted by Gasteiger charge is -2.12. The van der Waals surface area contributed by atoms with Crippen molar-refractivity contribution in [2.45, 2.75) is 39.0 Å². The van der Waals surface area contributed by atoms with Crippen molar-refractivity contribution in [2.24, 2.45) is 20.7 Å². The molecule has 3 aromatic rings. The number of methoxy groups -OCH3 is 2. The zero-order valence-electron chi connectivity index (χ0n) is 22.2. The largest absolute Gasteiger partial charge is 0.350 e. The van der Waals surface area contributed by atoms with Crippen LogP contribution in [0.25, 0.3) is 11.4 Å². The van der Waals surface area contributed by atoms with Gasteiger partial charge in [0.15, 0.2) is 0 Å². The number of unbranched alkanes of at least 4 members (excludes halogenated alkanes) is 1. The summed E-state index contributed by atoms with van der Waals surface area (Å²) in [5, 5.41) is 30.2. The van der Waals surface area contributed by atoms with Gasteiger partial charge in [-0.15, -0.1) is 10.2 Å². The molecule has 2 aliphatic heterocycles. The number of imidazole rings is 1. The van der Waals surface area contributed by atoms with Crippen LogP contribution in [0.15, 0.2) is 93.9 Å². The van der Waals surface area contributed by atoms with Gasteiger partial charge in [-0.25, -0.2) is 10.0 Å². The maximum atomic E-state index is 9.85. The molecule has 0 saturated carbocycles. The van der Waals surface area contributed by atoms with Gasteiger partial charge in [0.1, 0.15) is 11.5 Å². The molecular formula is C29H31N7O3. The van der Waals surface area contributed by atoms with Gasteiger partial charge in [0.05, 0.1) is 0 Å². The van der Waals surface area contributed by atoms with Crippen molar-refractivity contribution in [3.05, 3.63) is 111 Å². The van der Waals surface area contributed by atoms with Gasteiger partial charge in [0.2, 0.25) is 12.1 Å². The second-order valence-corrected chi connectivity index (χ2v) is 9.21. The molecule has 1 aromatic heterocycles. The molecule has 0 saturated heterocycles. The minimum Gasteiger partial charge on any atom is -0.350 e. The summed E-state index contributed by atoms with van der Waals surface area (Å²) >= 11 is 0. The fourth-order valence-electron chi connectivity index (χ4n) is 4.72. The third kappa shape index (κ3) is 5.78. The molecule has 0 amide bonds. The van der Waals surface area contributed by atoms with Gasteiger partial charge < -0.3 is 14.0 Å². The van der Waals surface area contributed by atoms with E-state index in [1.54, 1.807) is 26.6 Å². The molecule has 10 heteroatoms. The molecule has 0 atom stereocenters. The van der Waals surface area contributed by atoms with Crippen LogP contribution in [0.2, 0.25) is 0 Å². The number of rotatable bonds is 8. The van der Waals surface area contributed by atoms with Crippen LogP contribution in [-0.2, 0) is 22.4 Å². The number of ether oxygens (including phenoxy) is 2. The van der Waals surface area contributed by atoms with Crippen molar-refractivity contribution in [1.82, 2.24) is 14.6 Å². The Balaban J connectivity index is 1.71. The molecule has 0 unspecified atom stereocenters. The average Bonchev–Trinajstić information content (AvgIpc) is 3.64. The molecule has 2 aromatic carbocycles. The van der Waals surface area contributed by atoms with E-state index in [0.717, 1.165) is 67.9 Å². The number of nitrogens with zero attached hydrogens (tertiary/aromatic N) is 7. The molecule has 0 bridgehead atoms. The summed E-state index contributed by atoms with van der Waals surface area (Å²) in [5.74, 6) is 1.47. The Labute approximate surface area is 225 Å². The fraction of sp³-hybridized carbons (Fsp3) is 0.276. The Morgan fingerprint density at radius 3 is 2.28 bits per heavy atom. The lowest BCUT2D eigenvalue weighted by molar-refractivity contribution is -0.108. The van der Waals surface area contributed by atoms with Crippen LogP contribution in [0.4, 0.5) is 0 Å². The van der Waals surface area contributed by atoms with E-state index in [2.05, 4.69) is 50.4 Å². The van der Waals surface area contributed by atoms with Gasteiger partial charge in [-0.3, -0.25) is 5.21 Å². The summed E-state index contributed by atoms with van der Waals surface area (Å²) in [6.45, 7) is 2.81. The Kier molecular flexibility index (Phi) is 8.16. The second kappa shape index (κ2) is 12.1. The molecule has 5 rings (SSSR count). The molecule has 3 heterocycles. The van der Waals surface area contributed by atoms with Crippen LogP contribution in [0.3, 0.4) is 0 Å². The van der Waals surface area contributed by atoms with Crippen LogP contribution in [0.1, 0.15) is 43.1 Å². The third-order valence-electron chi connectivity index (χ3n) is 6.64. The summed E-state index contributed by atoms with van der Waals surface area (Å²) in [6.07, 6.45) is 11.5. The summed E-state index contributed by atoms with van der Waals surface area (Å²) in [4.78, 5) is 4.84. The molecule has 10 nitrogen and oxygen atoms in total. The number of hydrogen-bond acceptors (Lipinski definition) is 9. The van der Waals surface area contributed by atoms with E-state index in [9.17, 15) is 5.21 Å². The summed E-state index contributed by atoms with van der Waals surface area (Å²) in [5.41, 5.74) is 2.82. The van der Waals surface area contributed by atoms with E-state index in [0.29, 0.717) is 12.4 Å². The lowest BCUT2D eigenvalue weighted by atomic mass is 10.0. The standard InChI is InChI=1S/C29H31N7O3/c1-4-5-10-27-30-26(29(38-2)39-3)19-35(27)18-20-11-12-23(25(17-20)21-13-15-36(37)16-14-21)22-8-6-7-9-24(22)28-31-33-34-32-28/h6-9,11-17,19,29,37H,4-5,10,18H2,1-3H3. The SMILES string of the molecule is CCCCc1nc(C(OC)OC)cn1Cc1ccc(=c2ccccc2=C2N=NN=N2)c(=C2C=CN(O)C=C2)c1. The normalized spacial score (nSPS) is 15.4. The highest BCUT2D eigenvalue weighted by Crippen LogP contribution is 2.19. The zero-order chi connectivity index (χ0) is 27.2. The number of allylic oxidation sites excluding steroid dienone is 2. The maximum absolute atomic E-state index is 9.85. The minimum absolute atomic E-state index is 0.472. The minimum atomic E-state index is -0.516. The van der Waals surface area contributed by atoms with Gasteiger partial charge in [-0.2, -0.15) is 0 Å². The first-order chi connectivity index (χ1) is 19.1. The van der Waals surface area contributed by atoms with Crippen LogP contribution in [-0.4, -0.2) is 34.0 Å². The maximum Gasteiger partial charge on any atom is 0.207 e. The smallest absolute Gasteiger partial charge is 0.207 e. The average molecular weight is 526 g/mol. The fourth-order valence-corrected chi connectivity index (χ4v) is 4.72. The first kappa shape index (κ1) is 26.4. The number of hydroxylamine groups is 2. The number of hydrogen-bond donors (Lipinski definition) is 1. The Bertz CT molecular complexity index is 1650. The van der Waals surface area contributed by atoms with Crippen molar-refractivity contribution in [3.8, 4) is 0 Å². The molecule has 0 radical (unpaired) electrons. The van der Waals surface area contributed by atoms with E-state index in [1.165, 1.54) is 0 Å². The first-order valence-electron chi connectivity index (χ1n) is 12.8. The highest BCUT2D eigenvalue weighted by Gasteiger charge is 2.17. The van der Waals surface area contributed by atoms with Gasteiger partial charge in [-0.1, -0.05) is 49.7 Å². The molecule has 0 aliphatic carbocycles. The molecule has 39 heavy (non-hydrogen) atoms. The molecule has 0 fully saturated rings. The summed E-state index contributed by atoms with van der Waals surface area (Å²) in [6, 6.07) is 14.4. The van der Waals surface area contributed by atoms with Gasteiger partial charge in [0.25, 0.3) is 0 Å². The second-order valence-electron chi connectivity index (χ2n) is 9.21. The van der Waals surface area contributed by atoms with Crippen LogP contribution in [0, 0.1) is 10.4 Å². The third-order valence-corrected chi connectivity index (χ3v) is 6.64. The molecule has 0 spiro atoms. The lowest BCUT2D eigenvalue weighted by Crippen LogP contribution is -2.16. The Morgan fingerprint density at radius 1 is 0.897 bits per heavy atom. The molecule has 2 aliphatic rings. The predicted molar refractivity (Wildman–Crippen MR) is 145 cm³/mol. The Morgan fingerprint density at radius 2 is 1.59 bits per heavy atom. The van der Waals surface area contributed by atoms with Gasteiger partial charge in [0, 0.05) is 51.0 Å². The number of aromatic nitrogens is 2. The van der Waals surface area contributed by atoms with Crippen LogP contribution >= 0.6 is 0 Å². The Hall–Kier alpha value is -4.25. The van der Waals surface area contributed by atoms with E-state index in [1.807, 2.05) is 42.6 Å². The predicted octanol–water partition coefficient (Wildman–Crippen LogP) is 4.63. The van der Waals surface area contributed by atoms with Crippen LogP contribution < -0.4 is 10.4 Å². The molecule has 1 N–H and O–H groups in total. The van der Waals surface area contributed by atoms with Crippen molar-refractivity contribution >= 4 is 11.4 Å². The quantitative estimate of drug-likeness (QED) is 0.431. The van der Waals surface area contributed by atoms with Crippen molar-refractivity contribution < 1.29 is 14.7 Å². The topological polar surface area (TPSA) is 109 Å². The van der Waals surface area contributed by atoms with Crippen molar-refractivity contribution in [2.75, 3.05) is 14.2 Å². The summed E-state index contributed by atoms with van der Waals surface area (Å²) in [7, 11) is 3.23. The molecule has 200 valence electrons. The van der Waals surface area contributed by atoms with E-state index >= 15 is 0 Å². The van der Waals surface area contributed by atoms with E-state index in [-0.39, 0.29) is 0 Å². The van der Waals surface area contributed by atoms with Crippen molar-refractivity contribution in [3.63, 3.8) is 0 Å².